The Kier molecular flexibility index (Phi) is 11.4. The molecule has 0 saturated carbocycles. The minimum atomic E-state index is -1.62. The van der Waals surface area contributed by atoms with Crippen LogP contribution in [0.25, 0.3) is 0 Å². The third kappa shape index (κ3) is 8.97. The van der Waals surface area contributed by atoms with Gasteiger partial charge in [-0.05, 0) is 71.3 Å². The van der Waals surface area contributed by atoms with Crippen molar-refractivity contribution in [2.75, 3.05) is 14.1 Å². The largest absolute Gasteiger partial charge is 0.530 e. The summed E-state index contributed by atoms with van der Waals surface area (Å²) in [5.41, 5.74) is 12.5. The van der Waals surface area contributed by atoms with E-state index in [9.17, 15) is 0 Å². The molecule has 0 saturated heterocycles. The Morgan fingerprint density at radius 3 is 0.862 bits per heavy atom. The first kappa shape index (κ1) is 24.4. The van der Waals surface area contributed by atoms with Gasteiger partial charge in [-0.2, -0.15) is 0 Å². The molecule has 0 heterocycles. The van der Waals surface area contributed by atoms with Crippen LogP contribution in [0.4, 0.5) is 0 Å². The Morgan fingerprint density at radius 1 is 0.448 bits per heavy atom. The molecule has 5 nitrogen and oxygen atoms in total. The summed E-state index contributed by atoms with van der Waals surface area (Å²) in [6, 6.07) is 23.5. The fourth-order valence-electron chi connectivity index (χ4n) is 2.11. The highest BCUT2D eigenvalue weighted by Gasteiger charge is 2.19. The minimum Gasteiger partial charge on any atom is -0.409 e. The molecule has 0 bridgehead atoms. The van der Waals surface area contributed by atoms with Gasteiger partial charge < -0.3 is 25.0 Å². The van der Waals surface area contributed by atoms with Gasteiger partial charge in [0.25, 0.3) is 0 Å². The summed E-state index contributed by atoms with van der Waals surface area (Å²) in [5.74, 6) is 2.16. The maximum atomic E-state index is 5.96. The molecule has 0 aromatic heterocycles. The normalized spacial score (nSPS) is 9.52. The monoisotopic (exact) mass is 414 g/mol. The second kappa shape index (κ2) is 13.6. The summed E-state index contributed by atoms with van der Waals surface area (Å²) in [5, 5.41) is 0. The van der Waals surface area contributed by atoms with Crippen molar-refractivity contribution in [2.24, 2.45) is 11.5 Å². The number of hydrogen-bond donors (Lipinski definition) is 2. The van der Waals surface area contributed by atoms with E-state index in [1.54, 1.807) is 0 Å². The van der Waals surface area contributed by atoms with Crippen LogP contribution in [-0.2, 0) is 0 Å². The van der Waals surface area contributed by atoms with Gasteiger partial charge in [-0.25, -0.2) is 0 Å². The first-order valence-corrected chi connectivity index (χ1v) is 10.4. The van der Waals surface area contributed by atoms with Gasteiger partial charge in [0.1, 0.15) is 17.2 Å². The zero-order valence-corrected chi connectivity index (χ0v) is 18.6. The predicted octanol–water partition coefficient (Wildman–Crippen LogP) is 5.53. The molecular weight excluding hydrogens is 383 g/mol. The SMILES string of the molecule is CN.CN.Cc1ccc(OP(Oc2ccc(C)cc2)Oc2ccc(C)cc2)cc1. The smallest absolute Gasteiger partial charge is 0.409 e. The molecule has 29 heavy (non-hydrogen) atoms. The van der Waals surface area contributed by atoms with Crippen molar-refractivity contribution >= 4 is 8.60 Å². The molecule has 0 fully saturated rings. The summed E-state index contributed by atoms with van der Waals surface area (Å²) in [6.45, 7) is 6.12. The fourth-order valence-corrected chi connectivity index (χ4v) is 3.10. The summed E-state index contributed by atoms with van der Waals surface area (Å²) < 4.78 is 17.9. The topological polar surface area (TPSA) is 79.7 Å². The van der Waals surface area contributed by atoms with Crippen LogP contribution in [0, 0.1) is 20.8 Å². The van der Waals surface area contributed by atoms with Crippen LogP contribution in [0.3, 0.4) is 0 Å². The Morgan fingerprint density at radius 2 is 0.655 bits per heavy atom. The van der Waals surface area contributed by atoms with E-state index >= 15 is 0 Å². The molecule has 3 aromatic carbocycles. The zero-order chi connectivity index (χ0) is 21.6. The molecule has 3 aromatic rings. The standard InChI is InChI=1S/C21H21O3P.2CH5N/c1-16-4-10-19(11-5-16)22-25(23-20-12-6-17(2)7-13-20)24-21-14-8-18(3)9-15-21;2*1-2/h4-15H,1-3H3;2*2H2,1H3. The van der Waals surface area contributed by atoms with Crippen molar-refractivity contribution in [1.29, 1.82) is 0 Å². The van der Waals surface area contributed by atoms with E-state index in [1.807, 2.05) is 93.6 Å². The van der Waals surface area contributed by atoms with Crippen LogP contribution in [0.1, 0.15) is 16.7 Å². The third-order valence-corrected chi connectivity index (χ3v) is 4.68. The molecule has 0 atom stereocenters. The van der Waals surface area contributed by atoms with Crippen LogP contribution < -0.4 is 25.0 Å². The molecule has 156 valence electrons. The molecule has 3 rings (SSSR count). The van der Waals surface area contributed by atoms with E-state index in [0.29, 0.717) is 0 Å². The lowest BCUT2D eigenvalue weighted by molar-refractivity contribution is 0.388. The van der Waals surface area contributed by atoms with E-state index in [2.05, 4.69) is 11.5 Å². The first-order chi connectivity index (χ1) is 14.1. The Hall–Kier alpha value is -2.59. The highest BCUT2D eigenvalue weighted by molar-refractivity contribution is 7.43. The highest BCUT2D eigenvalue weighted by Crippen LogP contribution is 2.42. The molecule has 6 heteroatoms. The number of benzene rings is 3. The van der Waals surface area contributed by atoms with Crippen molar-refractivity contribution in [2.45, 2.75) is 20.8 Å². The predicted molar refractivity (Wildman–Crippen MR) is 123 cm³/mol. The van der Waals surface area contributed by atoms with Crippen molar-refractivity contribution < 1.29 is 13.6 Å². The van der Waals surface area contributed by atoms with Gasteiger partial charge in [0.15, 0.2) is 0 Å². The quantitative estimate of drug-likeness (QED) is 0.519. The molecule has 0 aliphatic rings. The number of nitrogens with two attached hydrogens (primary N) is 2. The number of aryl methyl sites for hydroxylation is 3. The molecule has 0 amide bonds. The summed E-state index contributed by atoms with van der Waals surface area (Å²) in [6.07, 6.45) is 0. The third-order valence-electron chi connectivity index (χ3n) is 3.60. The van der Waals surface area contributed by atoms with Crippen LogP contribution in [-0.4, -0.2) is 14.1 Å². The lowest BCUT2D eigenvalue weighted by Crippen LogP contribution is -2.02. The number of rotatable bonds is 6. The highest BCUT2D eigenvalue weighted by atomic mass is 31.2. The maximum Gasteiger partial charge on any atom is 0.530 e. The average Bonchev–Trinajstić information content (AvgIpc) is 2.76. The lowest BCUT2D eigenvalue weighted by atomic mass is 10.2. The molecular formula is C23H31N2O3P. The van der Waals surface area contributed by atoms with Gasteiger partial charge in [-0.1, -0.05) is 53.1 Å². The van der Waals surface area contributed by atoms with Gasteiger partial charge in [-0.3, -0.25) is 0 Å². The van der Waals surface area contributed by atoms with E-state index in [0.717, 1.165) is 17.2 Å². The zero-order valence-electron chi connectivity index (χ0n) is 17.8. The molecule has 0 radical (unpaired) electrons. The fraction of sp³-hybridized carbons (Fsp3) is 0.217. The Bertz CT molecular complexity index is 694. The van der Waals surface area contributed by atoms with Crippen LogP contribution in [0.15, 0.2) is 72.8 Å². The molecule has 0 aliphatic carbocycles. The van der Waals surface area contributed by atoms with Gasteiger partial charge in [0, 0.05) is 0 Å². The maximum absolute atomic E-state index is 5.96. The van der Waals surface area contributed by atoms with Crippen molar-refractivity contribution in [1.82, 2.24) is 0 Å². The van der Waals surface area contributed by atoms with E-state index in [-0.39, 0.29) is 0 Å². The number of hydrogen-bond acceptors (Lipinski definition) is 5. The molecule has 4 N–H and O–H groups in total. The van der Waals surface area contributed by atoms with E-state index in [4.69, 9.17) is 13.6 Å². The second-order valence-corrected chi connectivity index (χ2v) is 6.93. The van der Waals surface area contributed by atoms with E-state index < -0.39 is 8.60 Å². The minimum absolute atomic E-state index is 0.718. The Labute approximate surface area is 175 Å². The summed E-state index contributed by atoms with van der Waals surface area (Å²) >= 11 is 0. The van der Waals surface area contributed by atoms with Gasteiger partial charge in [0.05, 0.1) is 0 Å². The van der Waals surface area contributed by atoms with Gasteiger partial charge in [-0.15, -0.1) is 0 Å². The summed E-state index contributed by atoms with van der Waals surface area (Å²) in [7, 11) is 1.38. The van der Waals surface area contributed by atoms with Crippen LogP contribution in [0.5, 0.6) is 17.2 Å². The Balaban J connectivity index is 0.000000989. The first-order valence-electron chi connectivity index (χ1n) is 9.28. The van der Waals surface area contributed by atoms with Gasteiger partial charge >= 0.3 is 8.60 Å². The summed E-state index contributed by atoms with van der Waals surface area (Å²) in [4.78, 5) is 0. The second-order valence-electron chi connectivity index (χ2n) is 5.94. The molecule has 0 aliphatic heterocycles. The van der Waals surface area contributed by atoms with Crippen LogP contribution in [0.2, 0.25) is 0 Å². The van der Waals surface area contributed by atoms with Gasteiger partial charge in [0.2, 0.25) is 0 Å². The van der Waals surface area contributed by atoms with Crippen molar-refractivity contribution in [3.8, 4) is 17.2 Å². The molecule has 0 spiro atoms. The molecule has 0 unspecified atom stereocenters. The lowest BCUT2D eigenvalue weighted by Gasteiger charge is -2.18. The van der Waals surface area contributed by atoms with E-state index in [1.165, 1.54) is 30.8 Å². The van der Waals surface area contributed by atoms with Crippen molar-refractivity contribution in [3.05, 3.63) is 89.5 Å². The average molecular weight is 414 g/mol. The van der Waals surface area contributed by atoms with Crippen LogP contribution >= 0.6 is 8.60 Å². The van der Waals surface area contributed by atoms with Crippen molar-refractivity contribution in [3.63, 3.8) is 0 Å².